The topological polar surface area (TPSA) is 63.2 Å². The van der Waals surface area contributed by atoms with Gasteiger partial charge in [-0.15, -0.1) is 0 Å². The molecule has 0 saturated carbocycles. The van der Waals surface area contributed by atoms with Crippen molar-refractivity contribution in [3.63, 3.8) is 0 Å². The summed E-state index contributed by atoms with van der Waals surface area (Å²) in [5.74, 6) is 1.59. The second kappa shape index (κ2) is 7.75. The molecule has 1 fully saturated rings. The van der Waals surface area contributed by atoms with Crippen LogP contribution in [-0.4, -0.2) is 47.8 Å². The molecule has 1 aromatic rings. The molecule has 0 radical (unpaired) electrons. The lowest BCUT2D eigenvalue weighted by Crippen LogP contribution is -2.33. The number of rotatable bonds is 6. The number of aromatic nitrogens is 3. The fraction of sp³-hybridized carbons (Fsp3) is 0.786. The molecular weight excluding hydrogens is 290 g/mol. The van der Waals surface area contributed by atoms with Crippen molar-refractivity contribution in [2.75, 3.05) is 37.0 Å². The summed E-state index contributed by atoms with van der Waals surface area (Å²) in [4.78, 5) is 15.1. The van der Waals surface area contributed by atoms with E-state index in [1.165, 1.54) is 19.3 Å². The van der Waals surface area contributed by atoms with Crippen LogP contribution in [0.3, 0.4) is 0 Å². The average molecular weight is 314 g/mol. The Kier molecular flexibility index (Phi) is 5.99. The van der Waals surface area contributed by atoms with Crippen LogP contribution in [-0.2, 0) is 4.74 Å². The highest BCUT2D eigenvalue weighted by molar-refractivity contribution is 6.28. The summed E-state index contributed by atoms with van der Waals surface area (Å²) >= 11 is 6.05. The summed E-state index contributed by atoms with van der Waals surface area (Å²) in [6.07, 6.45) is 3.61. The molecule has 1 aliphatic rings. The number of anilines is 2. The Labute approximate surface area is 131 Å². The van der Waals surface area contributed by atoms with E-state index in [1.807, 2.05) is 0 Å². The first kappa shape index (κ1) is 16.2. The molecule has 1 saturated heterocycles. The molecule has 1 unspecified atom stereocenters. The highest BCUT2D eigenvalue weighted by Gasteiger charge is 2.18. The molecule has 0 aliphatic carbocycles. The van der Waals surface area contributed by atoms with Crippen LogP contribution in [0.4, 0.5) is 11.9 Å². The molecule has 2 heterocycles. The molecule has 1 N–H and O–H groups in total. The van der Waals surface area contributed by atoms with E-state index in [0.717, 1.165) is 13.1 Å². The monoisotopic (exact) mass is 313 g/mol. The van der Waals surface area contributed by atoms with Gasteiger partial charge in [0, 0.05) is 20.2 Å². The Balaban J connectivity index is 2.13. The molecule has 0 bridgehead atoms. The van der Waals surface area contributed by atoms with Gasteiger partial charge in [0.05, 0.1) is 12.6 Å². The van der Waals surface area contributed by atoms with E-state index in [4.69, 9.17) is 16.3 Å². The fourth-order valence-electron chi connectivity index (χ4n) is 2.39. The molecule has 21 heavy (non-hydrogen) atoms. The number of piperidine rings is 1. The first-order valence-electron chi connectivity index (χ1n) is 7.52. The van der Waals surface area contributed by atoms with Crippen molar-refractivity contribution in [2.45, 2.75) is 39.2 Å². The van der Waals surface area contributed by atoms with Crippen molar-refractivity contribution in [1.29, 1.82) is 0 Å². The molecule has 2 rings (SSSR count). The van der Waals surface area contributed by atoms with Crippen LogP contribution in [0.25, 0.3) is 0 Å². The van der Waals surface area contributed by atoms with Crippen LogP contribution < -0.4 is 10.2 Å². The van der Waals surface area contributed by atoms with E-state index in [0.29, 0.717) is 24.4 Å². The van der Waals surface area contributed by atoms with Gasteiger partial charge in [-0.1, -0.05) is 13.8 Å². The van der Waals surface area contributed by atoms with Gasteiger partial charge in [0.1, 0.15) is 0 Å². The zero-order valence-electron chi connectivity index (χ0n) is 13.0. The number of nitrogens with one attached hydrogen (secondary N) is 1. The maximum atomic E-state index is 6.05. The third kappa shape index (κ3) is 4.68. The Bertz CT molecular complexity index is 451. The van der Waals surface area contributed by atoms with Gasteiger partial charge in [-0.25, -0.2) is 0 Å². The van der Waals surface area contributed by atoms with Crippen molar-refractivity contribution in [3.8, 4) is 0 Å². The van der Waals surface area contributed by atoms with Crippen molar-refractivity contribution in [1.82, 2.24) is 15.0 Å². The third-order valence-corrected chi connectivity index (χ3v) is 3.87. The summed E-state index contributed by atoms with van der Waals surface area (Å²) in [6.45, 7) is 6.81. The van der Waals surface area contributed by atoms with Crippen molar-refractivity contribution in [2.24, 2.45) is 5.92 Å². The Morgan fingerprint density at radius 3 is 2.52 bits per heavy atom. The quantitative estimate of drug-likeness (QED) is 0.871. The average Bonchev–Trinajstić information content (AvgIpc) is 2.47. The molecule has 0 aromatic carbocycles. The van der Waals surface area contributed by atoms with Gasteiger partial charge < -0.3 is 15.0 Å². The van der Waals surface area contributed by atoms with Crippen molar-refractivity contribution >= 4 is 23.5 Å². The first-order chi connectivity index (χ1) is 10.1. The maximum absolute atomic E-state index is 6.05. The van der Waals surface area contributed by atoms with E-state index in [1.54, 1.807) is 7.11 Å². The molecule has 1 aromatic heterocycles. The zero-order valence-corrected chi connectivity index (χ0v) is 13.7. The lowest BCUT2D eigenvalue weighted by Gasteiger charge is -2.27. The molecule has 118 valence electrons. The molecule has 0 amide bonds. The molecule has 1 atom stereocenters. The minimum Gasteiger partial charge on any atom is -0.383 e. The number of halogens is 1. The SMILES string of the molecule is COCC(Nc1nc(Cl)nc(N2CCCCC2)n1)C(C)C. The number of nitrogens with zero attached hydrogens (tertiary/aromatic N) is 4. The van der Waals surface area contributed by atoms with Gasteiger partial charge in [0.15, 0.2) is 0 Å². The maximum Gasteiger partial charge on any atom is 0.231 e. The highest BCUT2D eigenvalue weighted by atomic mass is 35.5. The van der Waals surface area contributed by atoms with Gasteiger partial charge in [-0.3, -0.25) is 0 Å². The summed E-state index contributed by atoms with van der Waals surface area (Å²) in [5.41, 5.74) is 0. The van der Waals surface area contributed by atoms with E-state index >= 15 is 0 Å². The molecule has 1 aliphatic heterocycles. The van der Waals surface area contributed by atoms with Crippen molar-refractivity contribution in [3.05, 3.63) is 5.28 Å². The second-order valence-electron chi connectivity index (χ2n) is 5.73. The molecule has 6 nitrogen and oxygen atoms in total. The van der Waals surface area contributed by atoms with Crippen LogP contribution in [0.15, 0.2) is 0 Å². The third-order valence-electron chi connectivity index (χ3n) is 3.70. The minimum absolute atomic E-state index is 0.141. The highest BCUT2D eigenvalue weighted by Crippen LogP contribution is 2.19. The van der Waals surface area contributed by atoms with Crippen LogP contribution in [0.5, 0.6) is 0 Å². The smallest absolute Gasteiger partial charge is 0.231 e. The number of hydrogen-bond donors (Lipinski definition) is 1. The summed E-state index contributed by atoms with van der Waals surface area (Å²) in [7, 11) is 1.69. The lowest BCUT2D eigenvalue weighted by molar-refractivity contribution is 0.171. The second-order valence-corrected chi connectivity index (χ2v) is 6.06. The summed E-state index contributed by atoms with van der Waals surface area (Å²) < 4.78 is 5.24. The Hall–Kier alpha value is -1.14. The first-order valence-corrected chi connectivity index (χ1v) is 7.90. The van der Waals surface area contributed by atoms with Gasteiger partial charge in [0.2, 0.25) is 17.2 Å². The van der Waals surface area contributed by atoms with Gasteiger partial charge in [0.25, 0.3) is 0 Å². The van der Waals surface area contributed by atoms with Gasteiger partial charge in [-0.2, -0.15) is 15.0 Å². The Morgan fingerprint density at radius 2 is 1.90 bits per heavy atom. The summed E-state index contributed by atoms with van der Waals surface area (Å²) in [6, 6.07) is 0.141. The largest absolute Gasteiger partial charge is 0.383 e. The normalized spacial score (nSPS) is 17.1. The predicted molar refractivity (Wildman–Crippen MR) is 85.0 cm³/mol. The Morgan fingerprint density at radius 1 is 1.19 bits per heavy atom. The standard InChI is InChI=1S/C14H24ClN5O/c1-10(2)11(9-21-3)16-13-17-12(15)18-14(19-13)20-7-5-4-6-8-20/h10-11H,4-9H2,1-3H3,(H,16,17,18,19). The van der Waals surface area contributed by atoms with Crippen LogP contribution >= 0.6 is 11.6 Å². The van der Waals surface area contributed by atoms with E-state index in [2.05, 4.69) is 39.0 Å². The number of ether oxygens (including phenoxy) is 1. The zero-order chi connectivity index (χ0) is 15.2. The van der Waals surface area contributed by atoms with E-state index in [-0.39, 0.29) is 11.3 Å². The van der Waals surface area contributed by atoms with E-state index in [9.17, 15) is 0 Å². The van der Waals surface area contributed by atoms with Crippen LogP contribution in [0, 0.1) is 5.92 Å². The minimum atomic E-state index is 0.141. The number of hydrogen-bond acceptors (Lipinski definition) is 6. The van der Waals surface area contributed by atoms with Crippen LogP contribution in [0.2, 0.25) is 5.28 Å². The fourth-order valence-corrected chi connectivity index (χ4v) is 2.54. The van der Waals surface area contributed by atoms with E-state index < -0.39 is 0 Å². The number of methoxy groups -OCH3 is 1. The summed E-state index contributed by atoms with van der Waals surface area (Å²) in [5, 5.41) is 3.53. The molecule has 0 spiro atoms. The molecular formula is C14H24ClN5O. The molecule has 7 heteroatoms. The lowest BCUT2D eigenvalue weighted by atomic mass is 10.1. The van der Waals surface area contributed by atoms with Crippen LogP contribution in [0.1, 0.15) is 33.1 Å². The van der Waals surface area contributed by atoms with Crippen molar-refractivity contribution < 1.29 is 4.74 Å². The predicted octanol–water partition coefficient (Wildman–Crippen LogP) is 2.60. The van der Waals surface area contributed by atoms with Gasteiger partial charge in [-0.05, 0) is 36.8 Å². The van der Waals surface area contributed by atoms with Gasteiger partial charge >= 0.3 is 0 Å².